The molecule has 1 atom stereocenters. The number of likely N-dealkylation sites (N-methyl/N-ethyl adjacent to an activating group) is 1. The van der Waals surface area contributed by atoms with Gasteiger partial charge in [0.25, 0.3) is 0 Å². The van der Waals surface area contributed by atoms with Gasteiger partial charge in [0.05, 0.1) is 29.9 Å². The van der Waals surface area contributed by atoms with E-state index in [0.717, 1.165) is 30.8 Å². The van der Waals surface area contributed by atoms with E-state index in [1.807, 2.05) is 13.1 Å². The Bertz CT molecular complexity index is 1280. The number of pyridine rings is 2. The molecule has 4 heterocycles. The fourth-order valence-electron chi connectivity index (χ4n) is 4.06. The van der Waals surface area contributed by atoms with Gasteiger partial charge in [0.1, 0.15) is 28.5 Å². The van der Waals surface area contributed by atoms with Crippen molar-refractivity contribution in [3.05, 3.63) is 75.8 Å². The van der Waals surface area contributed by atoms with Gasteiger partial charge in [-0.25, -0.2) is 9.78 Å². The van der Waals surface area contributed by atoms with Crippen molar-refractivity contribution in [2.45, 2.75) is 23.9 Å². The molecule has 2 aliphatic rings. The van der Waals surface area contributed by atoms with Crippen LogP contribution in [0.3, 0.4) is 0 Å². The summed E-state index contributed by atoms with van der Waals surface area (Å²) in [4.78, 5) is 23.9. The smallest absolute Gasteiger partial charge is 0.338 e. The minimum Gasteiger partial charge on any atom is -0.466 e. The van der Waals surface area contributed by atoms with Gasteiger partial charge >= 0.3 is 5.97 Å². The molecule has 10 heteroatoms. The molecule has 0 unspecified atom stereocenters. The van der Waals surface area contributed by atoms with Crippen LogP contribution in [0.1, 0.15) is 28.3 Å². The number of nitriles is 2. The van der Waals surface area contributed by atoms with E-state index in [4.69, 9.17) is 20.2 Å². The van der Waals surface area contributed by atoms with Gasteiger partial charge in [0.15, 0.2) is 0 Å². The number of hydrogen-bond donors (Lipinski definition) is 1. The molecular formula is C24H22N6O3S. The minimum atomic E-state index is -0.780. The SMILES string of the molecule is COC(=O)C1=C(CSc2nc3c(cc2C#N)CN(C)CC3)OC(N)=C(C#N)[C@@H]1c1cccnc1. The Balaban J connectivity index is 1.73. The van der Waals surface area contributed by atoms with Crippen molar-refractivity contribution in [3.8, 4) is 12.1 Å². The van der Waals surface area contributed by atoms with E-state index in [9.17, 15) is 15.3 Å². The Morgan fingerprint density at radius 2 is 2.24 bits per heavy atom. The van der Waals surface area contributed by atoms with Crippen LogP contribution >= 0.6 is 11.8 Å². The normalized spacial score (nSPS) is 17.9. The summed E-state index contributed by atoms with van der Waals surface area (Å²) in [5.74, 6) is -1.07. The van der Waals surface area contributed by atoms with Crippen molar-refractivity contribution >= 4 is 17.7 Å². The molecule has 0 saturated heterocycles. The highest BCUT2D eigenvalue weighted by Crippen LogP contribution is 2.41. The molecule has 0 aromatic carbocycles. The average Bonchev–Trinajstić information content (AvgIpc) is 2.86. The predicted molar refractivity (Wildman–Crippen MR) is 124 cm³/mol. The Labute approximate surface area is 201 Å². The second-order valence-electron chi connectivity index (χ2n) is 7.87. The maximum absolute atomic E-state index is 12.9. The van der Waals surface area contributed by atoms with E-state index in [0.29, 0.717) is 16.2 Å². The Kier molecular flexibility index (Phi) is 6.82. The third-order valence-electron chi connectivity index (χ3n) is 5.71. The lowest BCUT2D eigenvalue weighted by atomic mass is 9.84. The second kappa shape index (κ2) is 9.96. The van der Waals surface area contributed by atoms with Gasteiger partial charge in [-0.3, -0.25) is 4.98 Å². The van der Waals surface area contributed by atoms with Crippen molar-refractivity contribution in [3.63, 3.8) is 0 Å². The van der Waals surface area contributed by atoms with E-state index < -0.39 is 11.9 Å². The van der Waals surface area contributed by atoms with Crippen LogP contribution < -0.4 is 5.73 Å². The summed E-state index contributed by atoms with van der Waals surface area (Å²) in [5, 5.41) is 20.0. The number of rotatable bonds is 5. The van der Waals surface area contributed by atoms with E-state index >= 15 is 0 Å². The molecule has 9 nitrogen and oxygen atoms in total. The fourth-order valence-corrected chi connectivity index (χ4v) is 4.97. The first-order chi connectivity index (χ1) is 16.5. The topological polar surface area (TPSA) is 138 Å². The van der Waals surface area contributed by atoms with Crippen LogP contribution in [0.4, 0.5) is 0 Å². The zero-order valence-corrected chi connectivity index (χ0v) is 19.6. The second-order valence-corrected chi connectivity index (χ2v) is 8.84. The number of methoxy groups -OCH3 is 1. The summed E-state index contributed by atoms with van der Waals surface area (Å²) in [6, 6.07) is 9.62. The summed E-state index contributed by atoms with van der Waals surface area (Å²) in [7, 11) is 3.30. The maximum atomic E-state index is 12.9. The molecule has 0 spiro atoms. The van der Waals surface area contributed by atoms with Crippen LogP contribution in [0.15, 0.2) is 58.4 Å². The van der Waals surface area contributed by atoms with E-state index in [-0.39, 0.29) is 28.5 Å². The first-order valence-corrected chi connectivity index (χ1v) is 11.5. The van der Waals surface area contributed by atoms with Gasteiger partial charge < -0.3 is 20.1 Å². The highest BCUT2D eigenvalue weighted by Gasteiger charge is 2.37. The van der Waals surface area contributed by atoms with Crippen LogP contribution in [0, 0.1) is 22.7 Å². The van der Waals surface area contributed by atoms with Crippen molar-refractivity contribution < 1.29 is 14.3 Å². The number of carbonyl (C=O) groups is 1. The Morgan fingerprint density at radius 1 is 1.41 bits per heavy atom. The number of nitrogens with two attached hydrogens (primary N) is 1. The number of ether oxygens (including phenoxy) is 2. The third kappa shape index (κ3) is 4.46. The van der Waals surface area contributed by atoms with Gasteiger partial charge in [-0.15, -0.1) is 0 Å². The molecule has 34 heavy (non-hydrogen) atoms. The lowest BCUT2D eigenvalue weighted by Crippen LogP contribution is -2.27. The average molecular weight is 475 g/mol. The van der Waals surface area contributed by atoms with E-state index in [1.165, 1.54) is 18.9 Å². The van der Waals surface area contributed by atoms with Crippen molar-refractivity contribution in [2.75, 3.05) is 26.5 Å². The highest BCUT2D eigenvalue weighted by atomic mass is 32.2. The summed E-state index contributed by atoms with van der Waals surface area (Å²) in [5.41, 5.74) is 9.44. The zero-order chi connectivity index (χ0) is 24.2. The van der Waals surface area contributed by atoms with Gasteiger partial charge in [-0.2, -0.15) is 10.5 Å². The minimum absolute atomic E-state index is 0.0819. The monoisotopic (exact) mass is 474 g/mol. The summed E-state index contributed by atoms with van der Waals surface area (Å²) in [6.07, 6.45) is 3.97. The number of esters is 1. The Hall–Kier alpha value is -3.86. The number of hydrogen-bond acceptors (Lipinski definition) is 10. The molecule has 2 aliphatic heterocycles. The number of fused-ring (bicyclic) bond motifs is 1. The molecule has 2 aromatic heterocycles. The van der Waals surface area contributed by atoms with Crippen molar-refractivity contribution in [2.24, 2.45) is 5.73 Å². The number of nitrogens with zero attached hydrogens (tertiary/aromatic N) is 5. The number of carbonyl (C=O) groups excluding carboxylic acids is 1. The number of thioether (sulfide) groups is 1. The molecule has 0 saturated carbocycles. The standard InChI is InChI=1S/C24H22N6O3S/c1-30-7-5-18-16(12-30)8-15(9-25)23(29-18)34-13-19-21(24(31)32-2)20(14-4-3-6-28-11-14)17(10-26)22(27)33-19/h3-4,6,8,11,20H,5,7,12-13,27H2,1-2H3/t20-/m0/s1. The molecule has 0 amide bonds. The van der Waals surface area contributed by atoms with E-state index in [1.54, 1.807) is 24.5 Å². The van der Waals surface area contributed by atoms with Gasteiger partial charge in [-0.05, 0) is 30.3 Å². The molecule has 4 rings (SSSR count). The molecule has 0 fully saturated rings. The highest BCUT2D eigenvalue weighted by molar-refractivity contribution is 7.99. The van der Waals surface area contributed by atoms with Crippen LogP contribution in [0.25, 0.3) is 0 Å². The van der Waals surface area contributed by atoms with Gasteiger partial charge in [0, 0.05) is 37.6 Å². The van der Waals surface area contributed by atoms with Crippen molar-refractivity contribution in [1.82, 2.24) is 14.9 Å². The van der Waals surface area contributed by atoms with Crippen LogP contribution in [-0.4, -0.2) is 47.3 Å². The van der Waals surface area contributed by atoms with Crippen LogP contribution in [-0.2, 0) is 27.2 Å². The third-order valence-corrected chi connectivity index (χ3v) is 6.70. The van der Waals surface area contributed by atoms with Gasteiger partial charge in [-0.1, -0.05) is 17.8 Å². The predicted octanol–water partition coefficient (Wildman–Crippen LogP) is 2.36. The molecule has 0 bridgehead atoms. The molecule has 0 radical (unpaired) electrons. The number of allylic oxidation sites excluding steroid dienone is 1. The first kappa shape index (κ1) is 23.3. The summed E-state index contributed by atoms with van der Waals surface area (Å²) in [6.45, 7) is 1.63. The summed E-state index contributed by atoms with van der Waals surface area (Å²) >= 11 is 1.28. The quantitative estimate of drug-likeness (QED) is 0.507. The fraction of sp³-hybridized carbons (Fsp3) is 0.292. The zero-order valence-electron chi connectivity index (χ0n) is 18.7. The molecule has 2 N–H and O–H groups in total. The lowest BCUT2D eigenvalue weighted by molar-refractivity contribution is -0.136. The first-order valence-electron chi connectivity index (χ1n) is 10.5. The van der Waals surface area contributed by atoms with Crippen LogP contribution in [0.5, 0.6) is 0 Å². The maximum Gasteiger partial charge on any atom is 0.338 e. The molecule has 0 aliphatic carbocycles. The van der Waals surface area contributed by atoms with Crippen LogP contribution in [0.2, 0.25) is 0 Å². The largest absolute Gasteiger partial charge is 0.466 e. The Morgan fingerprint density at radius 3 is 2.91 bits per heavy atom. The molecular weight excluding hydrogens is 452 g/mol. The van der Waals surface area contributed by atoms with E-state index in [2.05, 4.69) is 22.0 Å². The summed E-state index contributed by atoms with van der Waals surface area (Å²) < 4.78 is 10.8. The molecule has 172 valence electrons. The van der Waals surface area contributed by atoms with Gasteiger partial charge in [0.2, 0.25) is 5.88 Å². The molecule has 2 aromatic rings. The van der Waals surface area contributed by atoms with Crippen molar-refractivity contribution in [1.29, 1.82) is 10.5 Å². The number of aromatic nitrogens is 2. The lowest BCUT2D eigenvalue weighted by Gasteiger charge is -2.28.